The molecule has 7 unspecified atom stereocenters. The van der Waals surface area contributed by atoms with Crippen LogP contribution in [-0.4, -0.2) is 114 Å². The Morgan fingerprint density at radius 2 is 1.44 bits per heavy atom. The fourth-order valence-electron chi connectivity index (χ4n) is 6.45. The number of carboxylic acid groups (broad SMARTS) is 1. The number of hydrogen-bond acceptors (Lipinski definition) is 25. The molecule has 4 aromatic rings. The number of aliphatic hydroxyl groups excluding tert-OH is 2. The number of fused-ring (bicyclic) bond motifs is 1. The molecule has 410 valence electrons. The number of nitrogens with one attached hydrogen (secondary N) is 2. The molecular weight excluding hydrogens is 1230 g/mol. The van der Waals surface area contributed by atoms with Crippen molar-refractivity contribution < 1.29 is 156 Å². The van der Waals surface area contributed by atoms with Crippen LogP contribution >= 0.6 is 35.2 Å². The number of aliphatic hydroxyl groups is 2. The van der Waals surface area contributed by atoms with Gasteiger partial charge in [-0.25, -0.2) is 19.3 Å². The number of carboxylic acids is 1. The van der Waals surface area contributed by atoms with E-state index in [0.29, 0.717) is 5.92 Å². The van der Waals surface area contributed by atoms with Gasteiger partial charge in [-0.3, -0.25) is 39.9 Å². The number of carbonyl (C=O) groups excluding carboxylic acids is 3. The maximum atomic E-state index is 12.6. The van der Waals surface area contributed by atoms with Gasteiger partial charge >= 0.3 is 0 Å². The van der Waals surface area contributed by atoms with E-state index in [0.717, 1.165) is 40.1 Å². The fraction of sp³-hybridized carbons (Fsp3) is 0.439. The molecule has 0 spiro atoms. The van der Waals surface area contributed by atoms with Crippen LogP contribution < -0.4 is 47.4 Å². The monoisotopic (exact) mass is 1280 g/mol. The standard InChI is InChI=1S/C31H46N8O17P3S.C10H12NO2.2Y/c1-17(21(32)18-7-5-4-6-8-18)30(44)60-12-11-34-20(40)9-10-35-28(43)25(42)31(2,3)14-53-59(50,51)56-58(48,49)52-13-19-24(55-57(45,46)47)23(41)29(54-19)39-16-38-22-26(33)36-15-37-27(22)39;1-7(10(12)13)9(11)8-5-3-2-4-6-8;;/h4-8,15-16,19,21,23-25,29,41-42H,9-14,32H2,1-3H3,(H,34,40)(H,35,43)(H,48,49)(H,50,51)(H2,33,36,37)(H2,45,46,47);2-6,9H,11H2,1H3,(H,12,13);;/q2*-1;;/p-4/t19?,21-,23?,24?,25?,29?;9-;;/m11../s1. The normalized spacial score (nSPS) is 19.3. The maximum absolute atomic E-state index is 12.6. The first-order valence-corrected chi connectivity index (χ1v) is 26.9. The molecule has 1 saturated heterocycles. The fourth-order valence-corrected chi connectivity index (χ4v) is 9.93. The van der Waals surface area contributed by atoms with Crippen molar-refractivity contribution in [2.24, 2.45) is 16.9 Å². The molecule has 3 heterocycles. The van der Waals surface area contributed by atoms with E-state index in [4.69, 9.17) is 27.0 Å². The third kappa shape index (κ3) is 21.2. The molecule has 1 aliphatic heterocycles. The number of aliphatic carboxylic acids is 1. The van der Waals surface area contributed by atoms with Gasteiger partial charge in [0.2, 0.25) is 11.8 Å². The first-order chi connectivity index (χ1) is 34.0. The van der Waals surface area contributed by atoms with Gasteiger partial charge in [-0.2, -0.15) is 13.8 Å². The van der Waals surface area contributed by atoms with E-state index in [1.54, 1.807) is 31.2 Å². The number of nitrogens with zero attached hydrogens (tertiary/aromatic N) is 4. The summed E-state index contributed by atoms with van der Waals surface area (Å²) in [7, 11) is -17.6. The Morgan fingerprint density at radius 3 is 2.00 bits per heavy atom. The number of aromatic nitrogens is 4. The number of hydrogen-bond donors (Lipinski definition) is 8. The van der Waals surface area contributed by atoms with Gasteiger partial charge in [0.05, 0.1) is 32.5 Å². The zero-order chi connectivity index (χ0) is 54.5. The number of amides is 2. The first kappa shape index (κ1) is 68.4. The predicted molar refractivity (Wildman–Crippen MR) is 250 cm³/mol. The third-order valence-electron chi connectivity index (χ3n) is 10.6. The molecule has 9 atom stereocenters. The molecule has 28 nitrogen and oxygen atoms in total. The number of benzene rings is 2. The van der Waals surface area contributed by atoms with Crippen LogP contribution in [0.4, 0.5) is 5.82 Å². The van der Waals surface area contributed by atoms with Crippen molar-refractivity contribution in [1.82, 2.24) is 30.2 Å². The minimum absolute atomic E-state index is 0. The molecular formula is C41H54N9O19P3SY2-6. The molecule has 34 heteroatoms. The van der Waals surface area contributed by atoms with Gasteiger partial charge in [-0.1, -0.05) is 97.7 Å². The number of anilines is 1. The van der Waals surface area contributed by atoms with Gasteiger partial charge in [-0.15, -0.1) is 11.8 Å². The second kappa shape index (κ2) is 30.6. The Balaban J connectivity index is 0.00000112. The zero-order valence-electron chi connectivity index (χ0n) is 40.5. The minimum atomic E-state index is -5.93. The molecule has 2 amide bonds. The topological polar surface area (TPSA) is 464 Å². The summed E-state index contributed by atoms with van der Waals surface area (Å²) in [5.74, 6) is -1.61. The Hall–Kier alpha value is -2.66. The third-order valence-corrected chi connectivity index (χ3v) is 14.6. The SMILES string of the molecule is C[C-](C(=O)O)[C@@H](N)c1ccccc1.C[C-](C(=O)SCCNC(=O)CCNC(=O)C(O)C(C)(C)COP(=O)([O-])OP(=O)([O-])OCC1OC(n2cnc3c(N)ncnc32)C(O)C1OP(=O)([O-])[O-])[C@@H](N)c1ccccc1.[Y].[Y]. The van der Waals surface area contributed by atoms with Gasteiger partial charge in [0.1, 0.15) is 36.3 Å². The van der Waals surface area contributed by atoms with Crippen LogP contribution in [0.5, 0.6) is 0 Å². The van der Waals surface area contributed by atoms with Gasteiger partial charge in [0.25, 0.3) is 15.6 Å². The Morgan fingerprint density at radius 1 is 0.880 bits per heavy atom. The van der Waals surface area contributed by atoms with E-state index in [-0.39, 0.29) is 119 Å². The van der Waals surface area contributed by atoms with Crippen LogP contribution in [0, 0.1) is 17.3 Å². The van der Waals surface area contributed by atoms with Crippen LogP contribution in [0.2, 0.25) is 0 Å². The minimum Gasteiger partial charge on any atom is -0.790 e. The summed E-state index contributed by atoms with van der Waals surface area (Å²) in [5.41, 5.74) is 17.5. The van der Waals surface area contributed by atoms with Crippen molar-refractivity contribution in [3.8, 4) is 0 Å². The summed E-state index contributed by atoms with van der Waals surface area (Å²) in [6.45, 7) is 3.13. The Labute approximate surface area is 484 Å². The van der Waals surface area contributed by atoms with Crippen molar-refractivity contribution in [3.05, 3.63) is 96.3 Å². The second-order valence-electron chi connectivity index (χ2n) is 16.6. The van der Waals surface area contributed by atoms with Gasteiger partial charge < -0.3 is 90.4 Å². The summed E-state index contributed by atoms with van der Waals surface area (Å²) in [5, 5.41) is 34.7. The Kier molecular flexibility index (Phi) is 28.0. The van der Waals surface area contributed by atoms with Crippen LogP contribution in [0.1, 0.15) is 63.6 Å². The van der Waals surface area contributed by atoms with Crippen molar-refractivity contribution in [2.45, 2.75) is 76.8 Å². The van der Waals surface area contributed by atoms with Crippen molar-refractivity contribution >= 4 is 75.1 Å². The zero-order valence-corrected chi connectivity index (χ0v) is 49.7. The molecule has 75 heavy (non-hydrogen) atoms. The largest absolute Gasteiger partial charge is 0.790 e. The number of nitrogen functional groups attached to an aromatic ring is 1. The summed E-state index contributed by atoms with van der Waals surface area (Å²) < 4.78 is 60.6. The molecule has 2 radical (unpaired) electrons. The predicted octanol–water partition coefficient (Wildman–Crippen LogP) is -1.21. The molecule has 2 aromatic heterocycles. The van der Waals surface area contributed by atoms with Crippen LogP contribution in [0.3, 0.4) is 0 Å². The summed E-state index contributed by atoms with van der Waals surface area (Å²) in [6.07, 6.45) is -7.67. The number of imidazole rings is 1. The summed E-state index contributed by atoms with van der Waals surface area (Å²) in [6, 6.07) is 17.1. The number of carbonyl (C=O) groups is 4. The molecule has 11 N–H and O–H groups in total. The van der Waals surface area contributed by atoms with E-state index in [1.807, 2.05) is 36.4 Å². The molecule has 0 saturated carbocycles. The van der Waals surface area contributed by atoms with Crippen LogP contribution in [0.25, 0.3) is 11.2 Å². The van der Waals surface area contributed by atoms with Crippen LogP contribution in [-0.2, 0) is 121 Å². The Bertz CT molecular complexity index is 2650. The molecule has 2 aromatic carbocycles. The smallest absolute Gasteiger partial charge is 0.274 e. The van der Waals surface area contributed by atoms with Crippen molar-refractivity contribution in [2.75, 3.05) is 37.8 Å². The number of phosphoric ester groups is 3. The van der Waals surface area contributed by atoms with E-state index < -0.39 is 103 Å². The maximum Gasteiger partial charge on any atom is 0.274 e. The van der Waals surface area contributed by atoms with Gasteiger partial charge in [0.15, 0.2) is 23.7 Å². The second-order valence-corrected chi connectivity index (χ2v) is 21.7. The summed E-state index contributed by atoms with van der Waals surface area (Å²) in [4.78, 5) is 107. The van der Waals surface area contributed by atoms with E-state index in [9.17, 15) is 62.7 Å². The van der Waals surface area contributed by atoms with Crippen molar-refractivity contribution in [1.29, 1.82) is 0 Å². The van der Waals surface area contributed by atoms with E-state index in [2.05, 4.69) is 43.5 Å². The number of ether oxygens (including phenoxy) is 1. The molecule has 0 aliphatic carbocycles. The van der Waals surface area contributed by atoms with E-state index >= 15 is 0 Å². The van der Waals surface area contributed by atoms with Gasteiger partial charge in [0, 0.05) is 96.1 Å². The number of nitrogens with two attached hydrogens (primary N) is 3. The molecule has 1 aliphatic rings. The molecule has 1 fully saturated rings. The van der Waals surface area contributed by atoms with Gasteiger partial charge in [-0.05, 0) is 0 Å². The number of phosphoric acid groups is 3. The molecule has 5 rings (SSSR count). The van der Waals surface area contributed by atoms with E-state index in [1.165, 1.54) is 20.8 Å². The first-order valence-electron chi connectivity index (χ1n) is 21.5. The van der Waals surface area contributed by atoms with Crippen molar-refractivity contribution in [3.63, 3.8) is 0 Å². The number of thioether (sulfide) groups is 1. The average molecular weight is 1280 g/mol. The summed E-state index contributed by atoms with van der Waals surface area (Å²) >= 11 is 0.973. The molecule has 0 bridgehead atoms. The average Bonchev–Trinajstić information content (AvgIpc) is 3.90. The van der Waals surface area contributed by atoms with Crippen LogP contribution in [0.15, 0.2) is 73.3 Å². The number of rotatable bonds is 25. The quantitative estimate of drug-likeness (QED) is 0.0219.